The van der Waals surface area contributed by atoms with Crippen LogP contribution >= 0.6 is 0 Å². The van der Waals surface area contributed by atoms with Crippen LogP contribution in [0.3, 0.4) is 0 Å². The highest BCUT2D eigenvalue weighted by Crippen LogP contribution is 2.77. The van der Waals surface area contributed by atoms with Gasteiger partial charge in [0.1, 0.15) is 5.41 Å². The van der Waals surface area contributed by atoms with Crippen molar-refractivity contribution in [3.63, 3.8) is 0 Å². The smallest absolute Gasteiger partial charge is 0.325 e. The van der Waals surface area contributed by atoms with Crippen LogP contribution in [0.25, 0.3) is 0 Å². The summed E-state index contributed by atoms with van der Waals surface area (Å²) in [5.74, 6) is 6.09. The van der Waals surface area contributed by atoms with Gasteiger partial charge >= 0.3 is 5.97 Å². The molecule has 1 aromatic rings. The van der Waals surface area contributed by atoms with Crippen molar-refractivity contribution in [2.45, 2.75) is 27.7 Å². The first-order chi connectivity index (χ1) is 8.81. The number of hydrogen-bond donors (Lipinski definition) is 0. The van der Waals surface area contributed by atoms with Crippen molar-refractivity contribution in [2.75, 3.05) is 7.11 Å². The Morgan fingerprint density at radius 2 is 1.58 bits per heavy atom. The van der Waals surface area contributed by atoms with Crippen molar-refractivity contribution in [3.8, 4) is 11.8 Å². The Labute approximate surface area is 115 Å². The molecule has 1 fully saturated rings. The SMILES string of the molecule is COC(=O)C1(C#Cc2ccccc2)C(C)(C)C1(C)C. The molecule has 0 N–H and O–H groups in total. The van der Waals surface area contributed by atoms with Crippen LogP contribution < -0.4 is 0 Å². The van der Waals surface area contributed by atoms with Crippen molar-refractivity contribution < 1.29 is 9.53 Å². The summed E-state index contributed by atoms with van der Waals surface area (Å²) in [5, 5.41) is 0. The van der Waals surface area contributed by atoms with Gasteiger partial charge in [0.25, 0.3) is 0 Å². The highest BCUT2D eigenvalue weighted by atomic mass is 16.5. The van der Waals surface area contributed by atoms with E-state index >= 15 is 0 Å². The maximum atomic E-state index is 12.2. The highest BCUT2D eigenvalue weighted by Gasteiger charge is 2.81. The summed E-state index contributed by atoms with van der Waals surface area (Å²) in [6, 6.07) is 9.73. The van der Waals surface area contributed by atoms with Gasteiger partial charge in [-0.1, -0.05) is 57.7 Å². The van der Waals surface area contributed by atoms with Crippen LogP contribution in [0.4, 0.5) is 0 Å². The van der Waals surface area contributed by atoms with E-state index in [0.29, 0.717) is 0 Å². The van der Waals surface area contributed by atoms with E-state index in [1.807, 2.05) is 30.3 Å². The van der Waals surface area contributed by atoms with E-state index < -0.39 is 5.41 Å². The lowest BCUT2D eigenvalue weighted by Crippen LogP contribution is -2.23. The average Bonchev–Trinajstić information content (AvgIpc) is 2.74. The number of rotatable bonds is 1. The molecule has 2 nitrogen and oxygen atoms in total. The molecule has 0 spiro atoms. The van der Waals surface area contributed by atoms with Crippen LogP contribution in [-0.4, -0.2) is 13.1 Å². The number of ether oxygens (including phenoxy) is 1. The van der Waals surface area contributed by atoms with Crippen LogP contribution in [0, 0.1) is 28.1 Å². The van der Waals surface area contributed by atoms with E-state index in [1.54, 1.807) is 0 Å². The molecule has 0 aliphatic heterocycles. The van der Waals surface area contributed by atoms with Crippen molar-refractivity contribution in [1.29, 1.82) is 0 Å². The number of benzene rings is 1. The Bertz CT molecular complexity index is 542. The minimum atomic E-state index is -0.718. The van der Waals surface area contributed by atoms with Gasteiger partial charge < -0.3 is 4.74 Å². The molecule has 0 amide bonds. The normalized spacial score (nSPS) is 20.9. The molecule has 0 unspecified atom stereocenters. The quantitative estimate of drug-likeness (QED) is 0.569. The number of carbonyl (C=O) groups excluding carboxylic acids is 1. The third-order valence-corrected chi connectivity index (χ3v) is 5.03. The first-order valence-electron chi connectivity index (χ1n) is 6.48. The van der Waals surface area contributed by atoms with E-state index in [2.05, 4.69) is 39.5 Å². The number of carbonyl (C=O) groups is 1. The zero-order valence-electron chi connectivity index (χ0n) is 12.2. The topological polar surface area (TPSA) is 26.3 Å². The van der Waals surface area contributed by atoms with Gasteiger partial charge in [-0.2, -0.15) is 0 Å². The second kappa shape index (κ2) is 4.13. The van der Waals surface area contributed by atoms with Crippen LogP contribution in [0.1, 0.15) is 33.3 Å². The zero-order chi connectivity index (χ0) is 14.3. The Morgan fingerprint density at radius 1 is 1.05 bits per heavy atom. The largest absolute Gasteiger partial charge is 0.468 e. The molecule has 0 heterocycles. The van der Waals surface area contributed by atoms with Gasteiger partial charge in [-0.05, 0) is 23.0 Å². The molecule has 0 saturated heterocycles. The van der Waals surface area contributed by atoms with E-state index in [-0.39, 0.29) is 16.8 Å². The zero-order valence-corrected chi connectivity index (χ0v) is 12.2. The highest BCUT2D eigenvalue weighted by molar-refractivity contribution is 5.88. The lowest BCUT2D eigenvalue weighted by atomic mass is 9.95. The minimum Gasteiger partial charge on any atom is -0.468 e. The summed E-state index contributed by atoms with van der Waals surface area (Å²) in [6.45, 7) is 8.29. The van der Waals surface area contributed by atoms with Crippen LogP contribution in [0.15, 0.2) is 30.3 Å². The lowest BCUT2D eigenvalue weighted by Gasteiger charge is -2.11. The van der Waals surface area contributed by atoms with E-state index in [9.17, 15) is 4.79 Å². The molecule has 0 radical (unpaired) electrons. The Morgan fingerprint density at radius 3 is 2.00 bits per heavy atom. The molecule has 1 saturated carbocycles. The van der Waals surface area contributed by atoms with Crippen LogP contribution in [-0.2, 0) is 9.53 Å². The summed E-state index contributed by atoms with van der Waals surface area (Å²) in [7, 11) is 1.43. The molecule has 19 heavy (non-hydrogen) atoms. The number of methoxy groups -OCH3 is 1. The molecule has 100 valence electrons. The van der Waals surface area contributed by atoms with Gasteiger partial charge in [-0.3, -0.25) is 4.79 Å². The molecule has 1 aromatic carbocycles. The third kappa shape index (κ3) is 1.61. The van der Waals surface area contributed by atoms with Crippen molar-refractivity contribution in [1.82, 2.24) is 0 Å². The summed E-state index contributed by atoms with van der Waals surface area (Å²) in [4.78, 5) is 12.2. The first kappa shape index (κ1) is 13.7. The number of hydrogen-bond acceptors (Lipinski definition) is 2. The van der Waals surface area contributed by atoms with Gasteiger partial charge in [-0.15, -0.1) is 0 Å². The van der Waals surface area contributed by atoms with Crippen LogP contribution in [0.5, 0.6) is 0 Å². The standard InChI is InChI=1S/C17H20O2/c1-15(2)16(3,4)17(15,14(18)19-5)12-11-13-9-7-6-8-10-13/h6-10H,1-5H3. The van der Waals surface area contributed by atoms with E-state index in [1.165, 1.54) is 7.11 Å². The van der Waals surface area contributed by atoms with E-state index in [0.717, 1.165) is 5.56 Å². The van der Waals surface area contributed by atoms with E-state index in [4.69, 9.17) is 4.74 Å². The fourth-order valence-electron chi connectivity index (χ4n) is 3.03. The fourth-order valence-corrected chi connectivity index (χ4v) is 3.03. The van der Waals surface area contributed by atoms with Gasteiger partial charge in [0.05, 0.1) is 7.11 Å². The minimum absolute atomic E-state index is 0.186. The monoisotopic (exact) mass is 256 g/mol. The molecule has 1 aliphatic carbocycles. The van der Waals surface area contributed by atoms with Crippen LogP contribution in [0.2, 0.25) is 0 Å². The maximum absolute atomic E-state index is 12.2. The molecule has 2 rings (SSSR count). The molecular weight excluding hydrogens is 236 g/mol. The van der Waals surface area contributed by atoms with Gasteiger partial charge in [0.2, 0.25) is 0 Å². The van der Waals surface area contributed by atoms with Gasteiger partial charge in [0.15, 0.2) is 0 Å². The van der Waals surface area contributed by atoms with Crippen molar-refractivity contribution in [3.05, 3.63) is 35.9 Å². The van der Waals surface area contributed by atoms with Gasteiger partial charge in [0, 0.05) is 5.56 Å². The molecule has 0 bridgehead atoms. The summed E-state index contributed by atoms with van der Waals surface area (Å²) in [6.07, 6.45) is 0. The second-order valence-corrected chi connectivity index (χ2v) is 6.11. The predicted octanol–water partition coefficient (Wildman–Crippen LogP) is 3.26. The molecular formula is C17H20O2. The van der Waals surface area contributed by atoms with Crippen molar-refractivity contribution >= 4 is 5.97 Å². The second-order valence-electron chi connectivity index (χ2n) is 6.11. The lowest BCUT2D eigenvalue weighted by molar-refractivity contribution is -0.146. The molecule has 2 heteroatoms. The Balaban J connectivity index is 2.45. The Kier molecular flexibility index (Phi) is 2.97. The third-order valence-electron chi connectivity index (χ3n) is 5.03. The van der Waals surface area contributed by atoms with Crippen molar-refractivity contribution in [2.24, 2.45) is 16.2 Å². The molecule has 0 aromatic heterocycles. The maximum Gasteiger partial charge on any atom is 0.325 e. The fraction of sp³-hybridized carbons (Fsp3) is 0.471. The summed E-state index contributed by atoms with van der Waals surface area (Å²) >= 11 is 0. The Hall–Kier alpha value is -1.75. The van der Waals surface area contributed by atoms with Gasteiger partial charge in [-0.25, -0.2) is 0 Å². The molecule has 0 atom stereocenters. The summed E-state index contributed by atoms with van der Waals surface area (Å²) in [5.41, 5.74) is -0.168. The predicted molar refractivity (Wildman–Crippen MR) is 75.3 cm³/mol. The average molecular weight is 256 g/mol. The first-order valence-corrected chi connectivity index (χ1v) is 6.48. The summed E-state index contributed by atoms with van der Waals surface area (Å²) < 4.78 is 5.00. The number of esters is 1. The molecule has 1 aliphatic rings.